The Kier molecular flexibility index (Phi) is 3.52. The molecule has 0 aliphatic heterocycles. The van der Waals surface area contributed by atoms with Crippen LogP contribution in [-0.4, -0.2) is 49.4 Å². The first-order valence-electron chi connectivity index (χ1n) is 9.81. The van der Waals surface area contributed by atoms with Crippen LogP contribution < -0.4 is 0 Å². The molecule has 0 N–H and O–H groups in total. The molecule has 4 aromatic carbocycles. The number of benzene rings is 4. The van der Waals surface area contributed by atoms with Gasteiger partial charge in [0.15, 0.2) is 0 Å². The molecule has 0 unspecified atom stereocenters. The van der Waals surface area contributed by atoms with Crippen molar-refractivity contribution in [3.63, 3.8) is 0 Å². The second kappa shape index (κ2) is 6.13. The molecule has 30 heavy (non-hydrogen) atoms. The van der Waals surface area contributed by atoms with E-state index in [0.717, 1.165) is 0 Å². The summed E-state index contributed by atoms with van der Waals surface area (Å²) in [5.74, 6) is 0. The van der Waals surface area contributed by atoms with Gasteiger partial charge in [-0.3, -0.25) is 0 Å². The molecule has 0 saturated carbocycles. The Balaban J connectivity index is 1.49. The summed E-state index contributed by atoms with van der Waals surface area (Å²) >= 11 is 2.71. The molecular weight excluding hydrogens is 630 g/mol. The Morgan fingerprint density at radius 1 is 0.600 bits per heavy atom. The SMILES string of the molecule is c1cc2cc3cc4[te]c5c6cc7cc8[se]ccc8cc7cc6sc5c4cc3cc2[se]1. The molecule has 140 valence electrons. The van der Waals surface area contributed by atoms with Crippen LogP contribution in [0.5, 0.6) is 0 Å². The summed E-state index contributed by atoms with van der Waals surface area (Å²) in [6.07, 6.45) is 0. The first kappa shape index (κ1) is 17.3. The van der Waals surface area contributed by atoms with E-state index in [0.29, 0.717) is 29.0 Å². The Morgan fingerprint density at radius 3 is 1.97 bits per heavy atom. The van der Waals surface area contributed by atoms with Crippen molar-refractivity contribution < 1.29 is 0 Å². The molecule has 4 heteroatoms. The van der Waals surface area contributed by atoms with Crippen molar-refractivity contribution in [1.82, 2.24) is 0 Å². The van der Waals surface area contributed by atoms with E-state index in [2.05, 4.69) is 70.5 Å². The van der Waals surface area contributed by atoms with Crippen LogP contribution in [0.15, 0.2) is 70.5 Å². The van der Waals surface area contributed by atoms with Crippen molar-refractivity contribution in [1.29, 1.82) is 0 Å². The maximum atomic E-state index is 2.51. The van der Waals surface area contributed by atoms with Crippen molar-refractivity contribution in [3.05, 3.63) is 70.5 Å². The minimum atomic E-state index is -0.334. The Bertz CT molecular complexity index is 1820. The summed E-state index contributed by atoms with van der Waals surface area (Å²) in [5.41, 5.74) is 0. The molecule has 0 aliphatic carbocycles. The average molecular weight is 642 g/mol. The van der Waals surface area contributed by atoms with Crippen LogP contribution in [0.25, 0.3) is 67.8 Å². The van der Waals surface area contributed by atoms with Gasteiger partial charge in [0.1, 0.15) is 0 Å². The van der Waals surface area contributed by atoms with Crippen molar-refractivity contribution >= 4 is 129 Å². The van der Waals surface area contributed by atoms with E-state index in [-0.39, 0.29) is 20.4 Å². The normalized spacial score (nSPS) is 12.7. The van der Waals surface area contributed by atoms with E-state index in [1.165, 1.54) is 56.3 Å². The fourth-order valence-electron chi connectivity index (χ4n) is 4.67. The van der Waals surface area contributed by atoms with Crippen LogP contribution in [-0.2, 0) is 0 Å². The Labute approximate surface area is 197 Å². The quantitative estimate of drug-likeness (QED) is 0.157. The molecule has 0 saturated heterocycles. The Morgan fingerprint density at radius 2 is 1.23 bits per heavy atom. The van der Waals surface area contributed by atoms with Gasteiger partial charge in [0.25, 0.3) is 0 Å². The van der Waals surface area contributed by atoms with Crippen molar-refractivity contribution in [2.75, 3.05) is 0 Å². The standard InChI is InChI=1S/C26H12SSe2Te/c1-3-28-22-10-17-7-19-21(9-15(17)5-13(1)22)27-25-20-8-18-11-23-14(2-4-29-23)6-16(18)12-24(20)30-26(19)25/h1-12H. The van der Waals surface area contributed by atoms with Gasteiger partial charge in [-0.2, -0.15) is 0 Å². The third kappa shape index (κ3) is 2.34. The average Bonchev–Trinajstić information content (AvgIpc) is 3.51. The van der Waals surface area contributed by atoms with Gasteiger partial charge < -0.3 is 0 Å². The van der Waals surface area contributed by atoms with E-state index in [1.54, 1.807) is 11.5 Å². The summed E-state index contributed by atoms with van der Waals surface area (Å²) in [6.45, 7) is 0. The number of hydrogen-bond acceptors (Lipinski definition) is 1. The van der Waals surface area contributed by atoms with E-state index < -0.39 is 0 Å². The van der Waals surface area contributed by atoms with Crippen LogP contribution in [0, 0.1) is 0 Å². The number of thiophene rings is 1. The monoisotopic (exact) mass is 646 g/mol. The Hall–Kier alpha value is -1.33. The third-order valence-corrected chi connectivity index (χ3v) is 14.8. The van der Waals surface area contributed by atoms with Crippen LogP contribution in [0.2, 0.25) is 0 Å². The van der Waals surface area contributed by atoms with Gasteiger partial charge in [0.2, 0.25) is 0 Å². The summed E-state index contributed by atoms with van der Waals surface area (Å²) in [5, 5.41) is 11.6. The van der Waals surface area contributed by atoms with E-state index in [4.69, 9.17) is 0 Å². The predicted octanol–water partition coefficient (Wildman–Crippen LogP) is 6.99. The van der Waals surface area contributed by atoms with Gasteiger partial charge in [-0.05, 0) is 0 Å². The second-order valence-corrected chi connectivity index (χ2v) is 15.9. The van der Waals surface area contributed by atoms with Crippen LogP contribution in [0.1, 0.15) is 0 Å². The molecule has 0 radical (unpaired) electrons. The first-order valence-corrected chi connectivity index (χ1v) is 16.6. The molecule has 0 atom stereocenters. The molecule has 4 heterocycles. The van der Waals surface area contributed by atoms with Gasteiger partial charge in [0.05, 0.1) is 0 Å². The molecule has 0 fully saturated rings. The number of hydrogen-bond donors (Lipinski definition) is 0. The third-order valence-electron chi connectivity index (χ3n) is 6.14. The molecule has 8 rings (SSSR count). The van der Waals surface area contributed by atoms with Crippen molar-refractivity contribution in [2.24, 2.45) is 0 Å². The zero-order chi connectivity index (χ0) is 19.4. The first-order chi connectivity index (χ1) is 14.8. The predicted molar refractivity (Wildman–Crippen MR) is 138 cm³/mol. The maximum absolute atomic E-state index is 2.51. The van der Waals surface area contributed by atoms with Gasteiger partial charge in [-0.25, -0.2) is 0 Å². The summed E-state index contributed by atoms with van der Waals surface area (Å²) in [7, 11) is 0. The molecular formula is C26H12SSe2Te. The van der Waals surface area contributed by atoms with E-state index in [9.17, 15) is 0 Å². The number of fused-ring (bicyclic) bond motifs is 9. The summed E-state index contributed by atoms with van der Waals surface area (Å²) < 4.78 is 9.41. The molecule has 0 spiro atoms. The molecule has 0 bridgehead atoms. The van der Waals surface area contributed by atoms with Gasteiger partial charge in [-0.1, -0.05) is 0 Å². The molecule has 0 amide bonds. The van der Waals surface area contributed by atoms with Crippen LogP contribution in [0.3, 0.4) is 0 Å². The molecule has 4 aromatic heterocycles. The topological polar surface area (TPSA) is 0 Å². The minimum absolute atomic E-state index is 0.334. The fourth-order valence-corrected chi connectivity index (χ4v) is 13.6. The van der Waals surface area contributed by atoms with E-state index in [1.807, 2.05) is 11.3 Å². The zero-order valence-corrected chi connectivity index (χ0v) is 22.1. The molecule has 0 nitrogen and oxygen atoms in total. The van der Waals surface area contributed by atoms with Crippen molar-refractivity contribution in [3.8, 4) is 0 Å². The van der Waals surface area contributed by atoms with Crippen LogP contribution >= 0.6 is 11.3 Å². The zero-order valence-electron chi connectivity index (χ0n) is 15.6. The molecule has 8 aromatic rings. The molecule has 0 aliphatic rings. The van der Waals surface area contributed by atoms with Gasteiger partial charge >= 0.3 is 199 Å². The fraction of sp³-hybridized carbons (Fsp3) is 0. The van der Waals surface area contributed by atoms with Crippen molar-refractivity contribution in [2.45, 2.75) is 0 Å². The van der Waals surface area contributed by atoms with Crippen LogP contribution in [0.4, 0.5) is 0 Å². The summed E-state index contributed by atoms with van der Waals surface area (Å²) in [4.78, 5) is 4.69. The summed E-state index contributed by atoms with van der Waals surface area (Å²) in [6, 6.07) is 24.3. The number of rotatable bonds is 0. The van der Waals surface area contributed by atoms with Gasteiger partial charge in [-0.15, -0.1) is 0 Å². The second-order valence-electron chi connectivity index (χ2n) is 7.87. The van der Waals surface area contributed by atoms with E-state index >= 15 is 0 Å². The van der Waals surface area contributed by atoms with Gasteiger partial charge in [0, 0.05) is 0 Å².